The molecule has 0 aromatic heterocycles. The van der Waals surface area contributed by atoms with Gasteiger partial charge in [0.25, 0.3) is 0 Å². The van der Waals surface area contributed by atoms with Crippen LogP contribution in [0.15, 0.2) is 0 Å². The Balaban J connectivity index is 0. The molecule has 0 bridgehead atoms. The van der Waals surface area contributed by atoms with Gasteiger partial charge in [0.1, 0.15) is 0 Å². The Hall–Kier alpha value is 3.43. The molecule has 0 spiro atoms. The van der Waals surface area contributed by atoms with Crippen LogP contribution in [0.25, 0.3) is 0 Å². The van der Waals surface area contributed by atoms with Gasteiger partial charge in [-0.15, -0.1) is 0 Å². The molecule has 3 heteroatoms. The van der Waals surface area contributed by atoms with Gasteiger partial charge in [0.2, 0.25) is 0 Å². The van der Waals surface area contributed by atoms with E-state index >= 15 is 0 Å². The normalized spacial score (nSPS) is 0. The molecule has 0 rings (SSSR count). The van der Waals surface area contributed by atoms with Crippen molar-refractivity contribution in [3.63, 3.8) is 0 Å². The second-order valence-corrected chi connectivity index (χ2v) is 0. The summed E-state index contributed by atoms with van der Waals surface area (Å²) in [5.74, 6) is 0. The van der Waals surface area contributed by atoms with Crippen molar-refractivity contribution in [1.82, 2.24) is 0 Å². The summed E-state index contributed by atoms with van der Waals surface area (Å²) < 4.78 is 0. The molecular formula is CH3KWY. The average molecular weight is 327 g/mol. The second kappa shape index (κ2) is 16.1. The maximum atomic E-state index is 0. The third kappa shape index (κ3) is 9.06. The molecule has 0 aromatic carbocycles. The fraction of sp³-hybridized carbons (Fsp3) is 0. The van der Waals surface area contributed by atoms with E-state index in [0.29, 0.717) is 0 Å². The minimum atomic E-state index is 0. The Morgan fingerprint density at radius 3 is 1.00 bits per heavy atom. The number of rotatable bonds is 0. The largest absolute Gasteiger partial charge is 1.00 e. The molecule has 0 saturated heterocycles. The van der Waals surface area contributed by atoms with E-state index in [1.807, 2.05) is 0 Å². The first kappa shape index (κ1) is 26.1. The maximum Gasteiger partial charge on any atom is 1.00 e. The zero-order valence-corrected chi connectivity index (χ0v) is 11.9. The van der Waals surface area contributed by atoms with Gasteiger partial charge in [-0.25, -0.2) is 0 Å². The van der Waals surface area contributed by atoms with Gasteiger partial charge in [-0.05, 0) is 0 Å². The fourth-order valence-corrected chi connectivity index (χ4v) is 0. The first-order valence-electron chi connectivity index (χ1n) is 0. The van der Waals surface area contributed by atoms with Crippen molar-refractivity contribution >= 4 is 0 Å². The monoisotopic (exact) mass is 327 g/mol. The summed E-state index contributed by atoms with van der Waals surface area (Å²) in [5, 5.41) is 0. The molecule has 0 N–H and O–H groups in total. The van der Waals surface area contributed by atoms with Crippen LogP contribution in [0, 0.1) is 7.43 Å². The second-order valence-electron chi connectivity index (χ2n) is 0. The molecule has 0 aliphatic heterocycles. The van der Waals surface area contributed by atoms with Gasteiger partial charge in [0.05, 0.1) is 0 Å². The van der Waals surface area contributed by atoms with E-state index in [4.69, 9.17) is 0 Å². The maximum absolute atomic E-state index is 0. The van der Waals surface area contributed by atoms with Crippen LogP contribution in [-0.4, -0.2) is 0 Å². The molecule has 0 aromatic rings. The van der Waals surface area contributed by atoms with Crippen LogP contribution < -0.4 is 51.4 Å². The van der Waals surface area contributed by atoms with Gasteiger partial charge in [-0.3, -0.25) is 0 Å². The molecule has 0 atom stereocenters. The van der Waals surface area contributed by atoms with Crippen molar-refractivity contribution in [2.24, 2.45) is 0 Å². The minimum Gasteiger partial charge on any atom is -0.358 e. The summed E-state index contributed by atoms with van der Waals surface area (Å²) in [7, 11) is 0. The first-order chi connectivity index (χ1) is 0. The third-order valence-electron chi connectivity index (χ3n) is 0. The molecule has 0 fully saturated rings. The molecule has 0 heterocycles. The van der Waals surface area contributed by atoms with Crippen LogP contribution in [0.2, 0.25) is 0 Å². The number of hydrogen-bond donors (Lipinski definition) is 0. The van der Waals surface area contributed by atoms with E-state index in [0.717, 1.165) is 0 Å². The van der Waals surface area contributed by atoms with E-state index in [1.165, 1.54) is 0 Å². The summed E-state index contributed by atoms with van der Waals surface area (Å²) in [6, 6.07) is 0. The summed E-state index contributed by atoms with van der Waals surface area (Å²) in [4.78, 5) is 0. The quantitative estimate of drug-likeness (QED) is 0.340. The van der Waals surface area contributed by atoms with Crippen molar-refractivity contribution < 1.29 is 105 Å². The zero-order chi connectivity index (χ0) is 0. The Bertz CT molecular complexity index is 8.00. The van der Waals surface area contributed by atoms with Gasteiger partial charge in [-0.1, -0.05) is 0 Å². The Kier molecular flexibility index (Phi) is 105. The molecule has 0 aliphatic carbocycles. The zero-order valence-electron chi connectivity index (χ0n) is 2.99. The molecule has 0 unspecified atom stereocenters. The van der Waals surface area contributed by atoms with E-state index in [2.05, 4.69) is 0 Å². The van der Waals surface area contributed by atoms with Gasteiger partial charge < -0.3 is 7.43 Å². The van der Waals surface area contributed by atoms with Crippen molar-refractivity contribution in [1.29, 1.82) is 0 Å². The minimum absolute atomic E-state index is 0. The van der Waals surface area contributed by atoms with Crippen LogP contribution >= 0.6 is 0 Å². The van der Waals surface area contributed by atoms with Crippen LogP contribution in [-0.2, 0) is 53.8 Å². The number of hydrogen-bond acceptors (Lipinski definition) is 0. The van der Waals surface area contributed by atoms with Gasteiger partial charge >= 0.3 is 51.4 Å². The Labute approximate surface area is 109 Å². The predicted octanol–water partition coefficient (Wildman–Crippen LogP) is -2.55. The smallest absolute Gasteiger partial charge is 0.358 e. The van der Waals surface area contributed by atoms with Crippen LogP contribution in [0.1, 0.15) is 0 Å². The molecule has 0 amide bonds. The predicted molar refractivity (Wildman–Crippen MR) is 6.41 cm³/mol. The summed E-state index contributed by atoms with van der Waals surface area (Å²) in [6.45, 7) is 0. The summed E-state index contributed by atoms with van der Waals surface area (Å²) in [5.41, 5.74) is 0. The summed E-state index contributed by atoms with van der Waals surface area (Å²) >= 11 is 0. The van der Waals surface area contributed by atoms with Crippen LogP contribution in [0.5, 0.6) is 0 Å². The third-order valence-corrected chi connectivity index (χ3v) is 0. The van der Waals surface area contributed by atoms with Crippen molar-refractivity contribution in [3.8, 4) is 0 Å². The molecule has 1 radical (unpaired) electrons. The van der Waals surface area contributed by atoms with Gasteiger partial charge in [0, 0.05) is 53.8 Å². The standard InChI is InChI=1S/CH3.K.W.Y/h1H3;;;/q-1;+1;;. The molecule has 0 nitrogen and oxygen atoms in total. The van der Waals surface area contributed by atoms with E-state index < -0.39 is 0 Å². The van der Waals surface area contributed by atoms with E-state index in [-0.39, 0.29) is 113 Å². The van der Waals surface area contributed by atoms with Crippen molar-refractivity contribution in [2.75, 3.05) is 0 Å². The summed E-state index contributed by atoms with van der Waals surface area (Å²) in [6.07, 6.45) is 0. The molecule has 0 aliphatic rings. The average Bonchev–Trinajstić information content (AvgIpc) is 0. The van der Waals surface area contributed by atoms with Gasteiger partial charge in [-0.2, -0.15) is 0 Å². The molecule has 17 valence electrons. The molecular weight excluding hydrogens is 324 g/mol. The fourth-order valence-electron chi connectivity index (χ4n) is 0. The van der Waals surface area contributed by atoms with Crippen molar-refractivity contribution in [2.45, 2.75) is 0 Å². The van der Waals surface area contributed by atoms with Crippen LogP contribution in [0.3, 0.4) is 0 Å². The topological polar surface area (TPSA) is 0 Å². The van der Waals surface area contributed by atoms with Crippen LogP contribution in [0.4, 0.5) is 0 Å². The Morgan fingerprint density at radius 2 is 1.00 bits per heavy atom. The SMILES string of the molecule is [CH3-].[K+].[W].[Y]. The molecule has 0 saturated carbocycles. The van der Waals surface area contributed by atoms with E-state index in [9.17, 15) is 0 Å². The first-order valence-corrected chi connectivity index (χ1v) is 0. The molecule has 4 heavy (non-hydrogen) atoms. The van der Waals surface area contributed by atoms with Crippen molar-refractivity contribution in [3.05, 3.63) is 7.43 Å². The van der Waals surface area contributed by atoms with Gasteiger partial charge in [0.15, 0.2) is 0 Å². The Morgan fingerprint density at radius 1 is 1.00 bits per heavy atom. The van der Waals surface area contributed by atoms with E-state index in [1.54, 1.807) is 0 Å².